The lowest BCUT2D eigenvalue weighted by Gasteiger charge is -2.29. The van der Waals surface area contributed by atoms with Crippen molar-refractivity contribution in [2.45, 2.75) is 37.6 Å². The molecule has 0 saturated heterocycles. The Morgan fingerprint density at radius 2 is 2.16 bits per heavy atom. The Morgan fingerprint density at radius 3 is 2.63 bits per heavy atom. The maximum Gasteiger partial charge on any atom is 0.305 e. The average Bonchev–Trinajstić information content (AvgIpc) is 2.77. The molecule has 2 rings (SSSR count). The molecule has 7 heteroatoms. The summed E-state index contributed by atoms with van der Waals surface area (Å²) in [5.41, 5.74) is -0.557. The van der Waals surface area contributed by atoms with E-state index in [9.17, 15) is 14.9 Å². The minimum atomic E-state index is -0.851. The molecule has 2 N–H and O–H groups in total. The van der Waals surface area contributed by atoms with Crippen LogP contribution in [0.2, 0.25) is 0 Å². The molecule has 7 nitrogen and oxygen atoms in total. The summed E-state index contributed by atoms with van der Waals surface area (Å²) < 4.78 is 0. The summed E-state index contributed by atoms with van der Waals surface area (Å²) in [6.45, 7) is 0. The van der Waals surface area contributed by atoms with Crippen LogP contribution in [0.3, 0.4) is 0 Å². The van der Waals surface area contributed by atoms with Gasteiger partial charge in [0, 0.05) is 11.6 Å². The molecule has 19 heavy (non-hydrogen) atoms. The van der Waals surface area contributed by atoms with E-state index in [4.69, 9.17) is 5.11 Å². The molecule has 0 radical (unpaired) electrons. The van der Waals surface area contributed by atoms with Crippen molar-refractivity contribution in [2.24, 2.45) is 0 Å². The number of hydrogen-bond donors (Lipinski definition) is 2. The van der Waals surface area contributed by atoms with Crippen LogP contribution in [0.5, 0.6) is 0 Å². The first kappa shape index (κ1) is 13.3. The SMILES string of the molecule is O=C(O)CC1(Nc2ccc([N+](=O)[O-])cn2)CCCC1. The lowest BCUT2D eigenvalue weighted by molar-refractivity contribution is -0.385. The second-order valence-electron chi connectivity index (χ2n) is 4.84. The smallest absolute Gasteiger partial charge is 0.305 e. The normalized spacial score (nSPS) is 17.1. The van der Waals surface area contributed by atoms with Crippen molar-refractivity contribution in [1.82, 2.24) is 4.98 Å². The topological polar surface area (TPSA) is 105 Å². The predicted molar refractivity (Wildman–Crippen MR) is 68.0 cm³/mol. The fraction of sp³-hybridized carbons (Fsp3) is 0.500. The molecule has 1 saturated carbocycles. The number of hydrogen-bond acceptors (Lipinski definition) is 5. The first-order chi connectivity index (χ1) is 9.01. The molecule has 0 unspecified atom stereocenters. The molecule has 0 spiro atoms. The molecule has 1 fully saturated rings. The molecule has 0 amide bonds. The van der Waals surface area contributed by atoms with Crippen LogP contribution in [0.4, 0.5) is 11.5 Å². The Labute approximate surface area is 109 Å². The van der Waals surface area contributed by atoms with Gasteiger partial charge in [0.15, 0.2) is 0 Å². The van der Waals surface area contributed by atoms with Crippen LogP contribution in [-0.2, 0) is 4.79 Å². The number of nitro groups is 1. The van der Waals surface area contributed by atoms with Gasteiger partial charge in [0.05, 0.1) is 11.3 Å². The highest BCUT2D eigenvalue weighted by molar-refractivity contribution is 5.69. The summed E-state index contributed by atoms with van der Waals surface area (Å²) in [7, 11) is 0. The van der Waals surface area contributed by atoms with Gasteiger partial charge in [0.25, 0.3) is 5.69 Å². The zero-order valence-corrected chi connectivity index (χ0v) is 10.3. The summed E-state index contributed by atoms with van der Waals surface area (Å²) >= 11 is 0. The fourth-order valence-corrected chi connectivity index (χ4v) is 2.53. The Bertz CT molecular complexity index is 480. The highest BCUT2D eigenvalue weighted by atomic mass is 16.6. The molecule has 102 valence electrons. The van der Waals surface area contributed by atoms with E-state index in [0.29, 0.717) is 5.82 Å². The number of nitrogens with zero attached hydrogens (tertiary/aromatic N) is 2. The van der Waals surface area contributed by atoms with Gasteiger partial charge < -0.3 is 10.4 Å². The van der Waals surface area contributed by atoms with Crippen LogP contribution < -0.4 is 5.32 Å². The van der Waals surface area contributed by atoms with Crippen LogP contribution in [0.1, 0.15) is 32.1 Å². The molecular formula is C12H15N3O4. The number of pyridine rings is 1. The minimum Gasteiger partial charge on any atom is -0.481 e. The van der Waals surface area contributed by atoms with Crippen molar-refractivity contribution in [3.63, 3.8) is 0 Å². The van der Waals surface area contributed by atoms with Crippen LogP contribution >= 0.6 is 0 Å². The number of nitrogens with one attached hydrogen (secondary N) is 1. The summed E-state index contributed by atoms with van der Waals surface area (Å²) in [6.07, 6.45) is 4.72. The van der Waals surface area contributed by atoms with E-state index in [0.717, 1.165) is 25.7 Å². The van der Waals surface area contributed by atoms with Crippen molar-refractivity contribution in [3.8, 4) is 0 Å². The van der Waals surface area contributed by atoms with Gasteiger partial charge >= 0.3 is 5.97 Å². The summed E-state index contributed by atoms with van der Waals surface area (Å²) in [5, 5.41) is 22.7. The number of aliphatic carboxylic acids is 1. The van der Waals surface area contributed by atoms with Crippen LogP contribution in [0.25, 0.3) is 0 Å². The zero-order chi connectivity index (χ0) is 13.9. The maximum absolute atomic E-state index is 10.9. The van der Waals surface area contributed by atoms with Gasteiger partial charge in [-0.1, -0.05) is 12.8 Å². The van der Waals surface area contributed by atoms with E-state index < -0.39 is 16.4 Å². The average molecular weight is 265 g/mol. The highest BCUT2D eigenvalue weighted by Gasteiger charge is 2.36. The van der Waals surface area contributed by atoms with Gasteiger partial charge in [-0.15, -0.1) is 0 Å². The highest BCUT2D eigenvalue weighted by Crippen LogP contribution is 2.35. The summed E-state index contributed by atoms with van der Waals surface area (Å²) in [5.74, 6) is -0.370. The van der Waals surface area contributed by atoms with E-state index in [2.05, 4.69) is 10.3 Å². The Balaban J connectivity index is 2.13. The van der Waals surface area contributed by atoms with E-state index in [1.807, 2.05) is 0 Å². The van der Waals surface area contributed by atoms with E-state index in [1.165, 1.54) is 18.3 Å². The van der Waals surface area contributed by atoms with Gasteiger partial charge in [-0.05, 0) is 18.9 Å². The molecule has 1 aliphatic carbocycles. The molecule has 1 aromatic heterocycles. The Kier molecular flexibility index (Phi) is 3.64. The fourth-order valence-electron chi connectivity index (χ4n) is 2.53. The maximum atomic E-state index is 10.9. The molecule has 1 aliphatic rings. The molecule has 0 bridgehead atoms. The van der Waals surface area contributed by atoms with Crippen molar-refractivity contribution < 1.29 is 14.8 Å². The Morgan fingerprint density at radius 1 is 1.47 bits per heavy atom. The number of carboxylic acid groups (broad SMARTS) is 1. The predicted octanol–water partition coefficient (Wildman–Crippen LogP) is 2.19. The minimum absolute atomic E-state index is 0.0334. The van der Waals surface area contributed by atoms with E-state index >= 15 is 0 Å². The molecule has 0 atom stereocenters. The molecular weight excluding hydrogens is 250 g/mol. The molecule has 1 heterocycles. The quantitative estimate of drug-likeness (QED) is 0.624. The number of anilines is 1. The standard InChI is InChI=1S/C12H15N3O4/c16-11(17)7-12(5-1-2-6-12)14-10-4-3-9(8-13-10)15(18)19/h3-4,8H,1-2,5-7H2,(H,13,14)(H,16,17). The number of carbonyl (C=O) groups is 1. The van der Waals surface area contributed by atoms with Gasteiger partial charge in [-0.3, -0.25) is 14.9 Å². The summed E-state index contributed by atoms with van der Waals surface area (Å²) in [4.78, 5) is 24.9. The zero-order valence-electron chi connectivity index (χ0n) is 10.3. The lowest BCUT2D eigenvalue weighted by atomic mass is 9.93. The van der Waals surface area contributed by atoms with Gasteiger partial charge in [-0.25, -0.2) is 4.98 Å². The number of aromatic nitrogens is 1. The molecule has 0 aliphatic heterocycles. The first-order valence-electron chi connectivity index (χ1n) is 6.11. The Hall–Kier alpha value is -2.18. The molecule has 0 aromatic carbocycles. The van der Waals surface area contributed by atoms with Crippen molar-refractivity contribution in [1.29, 1.82) is 0 Å². The van der Waals surface area contributed by atoms with Crippen molar-refractivity contribution in [3.05, 3.63) is 28.4 Å². The largest absolute Gasteiger partial charge is 0.481 e. The van der Waals surface area contributed by atoms with E-state index in [-0.39, 0.29) is 12.1 Å². The molecule has 1 aromatic rings. The summed E-state index contributed by atoms with van der Waals surface area (Å²) in [6, 6.07) is 2.87. The van der Waals surface area contributed by atoms with E-state index in [1.54, 1.807) is 0 Å². The second-order valence-corrected chi connectivity index (χ2v) is 4.84. The van der Waals surface area contributed by atoms with Crippen molar-refractivity contribution in [2.75, 3.05) is 5.32 Å². The third-order valence-electron chi connectivity index (χ3n) is 3.40. The van der Waals surface area contributed by atoms with Crippen molar-refractivity contribution >= 4 is 17.5 Å². The van der Waals surface area contributed by atoms with Gasteiger partial charge in [0.2, 0.25) is 0 Å². The van der Waals surface area contributed by atoms with Crippen LogP contribution in [0, 0.1) is 10.1 Å². The second kappa shape index (κ2) is 5.21. The third-order valence-corrected chi connectivity index (χ3v) is 3.40. The van der Waals surface area contributed by atoms with Crippen LogP contribution in [0.15, 0.2) is 18.3 Å². The third kappa shape index (κ3) is 3.18. The van der Waals surface area contributed by atoms with Crippen LogP contribution in [-0.4, -0.2) is 26.5 Å². The number of carboxylic acids is 1. The van der Waals surface area contributed by atoms with Gasteiger partial charge in [0.1, 0.15) is 12.0 Å². The van der Waals surface area contributed by atoms with Gasteiger partial charge in [-0.2, -0.15) is 0 Å². The monoisotopic (exact) mass is 265 g/mol. The first-order valence-corrected chi connectivity index (χ1v) is 6.11. The number of rotatable bonds is 5. The lowest BCUT2D eigenvalue weighted by Crippen LogP contribution is -2.37.